The highest BCUT2D eigenvalue weighted by Crippen LogP contribution is 2.26. The third kappa shape index (κ3) is 3.53. The number of anilines is 1. The molecule has 1 atom stereocenters. The lowest BCUT2D eigenvalue weighted by atomic mass is 10.1. The monoisotopic (exact) mass is 306 g/mol. The van der Waals surface area contributed by atoms with E-state index in [1.165, 1.54) is 13.2 Å². The Morgan fingerprint density at radius 2 is 1.86 bits per heavy atom. The van der Waals surface area contributed by atoms with Crippen LogP contribution < -0.4 is 15.2 Å². The standard InChI is InChI=1S/C15H18N2O3S/c1-11(16)12-6-5-7-13(10-12)21(18,19)17-14-8-3-4-9-15(14)20-2/h3-11,17H,16H2,1-2H3. The van der Waals surface area contributed by atoms with Gasteiger partial charge in [-0.15, -0.1) is 0 Å². The fourth-order valence-corrected chi connectivity index (χ4v) is 3.02. The third-order valence-electron chi connectivity index (χ3n) is 3.05. The Morgan fingerprint density at radius 3 is 2.52 bits per heavy atom. The number of hydrogen-bond donors (Lipinski definition) is 2. The van der Waals surface area contributed by atoms with Gasteiger partial charge >= 0.3 is 0 Å². The van der Waals surface area contributed by atoms with E-state index in [-0.39, 0.29) is 10.9 Å². The first-order chi connectivity index (χ1) is 9.94. The van der Waals surface area contributed by atoms with E-state index >= 15 is 0 Å². The van der Waals surface area contributed by atoms with Gasteiger partial charge in [-0.1, -0.05) is 24.3 Å². The van der Waals surface area contributed by atoms with Crippen LogP contribution in [-0.4, -0.2) is 15.5 Å². The lowest BCUT2D eigenvalue weighted by Crippen LogP contribution is -2.14. The molecule has 0 amide bonds. The maximum atomic E-state index is 12.4. The first-order valence-electron chi connectivity index (χ1n) is 6.45. The summed E-state index contributed by atoms with van der Waals surface area (Å²) in [7, 11) is -2.20. The van der Waals surface area contributed by atoms with Crippen molar-refractivity contribution in [2.75, 3.05) is 11.8 Å². The van der Waals surface area contributed by atoms with Gasteiger partial charge < -0.3 is 10.5 Å². The molecule has 6 heteroatoms. The maximum absolute atomic E-state index is 12.4. The summed E-state index contributed by atoms with van der Waals surface area (Å²) in [4.78, 5) is 0.170. The minimum Gasteiger partial charge on any atom is -0.495 e. The normalized spacial score (nSPS) is 12.7. The van der Waals surface area contributed by atoms with Gasteiger partial charge in [-0.2, -0.15) is 0 Å². The van der Waals surface area contributed by atoms with Gasteiger partial charge in [0, 0.05) is 6.04 Å². The van der Waals surface area contributed by atoms with E-state index in [0.717, 1.165) is 5.56 Å². The van der Waals surface area contributed by atoms with Crippen LogP contribution in [0.5, 0.6) is 5.75 Å². The van der Waals surface area contributed by atoms with Gasteiger partial charge in [0.2, 0.25) is 0 Å². The predicted octanol–water partition coefficient (Wildman–Crippen LogP) is 2.52. The van der Waals surface area contributed by atoms with Crippen LogP contribution in [0.4, 0.5) is 5.69 Å². The first-order valence-corrected chi connectivity index (χ1v) is 7.94. The quantitative estimate of drug-likeness (QED) is 0.889. The highest BCUT2D eigenvalue weighted by atomic mass is 32.2. The number of rotatable bonds is 5. The number of nitrogens with two attached hydrogens (primary N) is 1. The zero-order valence-corrected chi connectivity index (χ0v) is 12.7. The van der Waals surface area contributed by atoms with Crippen LogP contribution in [-0.2, 0) is 10.0 Å². The Morgan fingerprint density at radius 1 is 1.14 bits per heavy atom. The average molecular weight is 306 g/mol. The Labute approximate surface area is 124 Å². The molecule has 0 bridgehead atoms. The maximum Gasteiger partial charge on any atom is 0.262 e. The molecule has 0 saturated carbocycles. The van der Waals surface area contributed by atoms with Crippen molar-refractivity contribution in [2.45, 2.75) is 17.9 Å². The predicted molar refractivity (Wildman–Crippen MR) is 82.8 cm³/mol. The molecule has 0 fully saturated rings. The third-order valence-corrected chi connectivity index (χ3v) is 4.41. The number of para-hydroxylation sites is 2. The van der Waals surface area contributed by atoms with Crippen molar-refractivity contribution in [1.82, 2.24) is 0 Å². The molecule has 2 aromatic rings. The lowest BCUT2D eigenvalue weighted by Gasteiger charge is -2.13. The number of methoxy groups -OCH3 is 1. The van der Waals surface area contributed by atoms with Crippen LogP contribution in [0.25, 0.3) is 0 Å². The summed E-state index contributed by atoms with van der Waals surface area (Å²) in [5.41, 5.74) is 6.95. The van der Waals surface area contributed by atoms with E-state index in [9.17, 15) is 8.42 Å². The van der Waals surface area contributed by atoms with Gasteiger partial charge in [-0.3, -0.25) is 4.72 Å². The Bertz CT molecular complexity index is 727. The first kappa shape index (κ1) is 15.3. The van der Waals surface area contributed by atoms with Crippen molar-refractivity contribution in [3.05, 3.63) is 54.1 Å². The molecule has 0 heterocycles. The van der Waals surface area contributed by atoms with Crippen molar-refractivity contribution in [1.29, 1.82) is 0 Å². The van der Waals surface area contributed by atoms with Gasteiger partial charge in [-0.05, 0) is 36.8 Å². The smallest absolute Gasteiger partial charge is 0.262 e. The van der Waals surface area contributed by atoms with E-state index in [1.54, 1.807) is 49.4 Å². The van der Waals surface area contributed by atoms with E-state index in [1.807, 2.05) is 0 Å². The molecule has 0 aliphatic heterocycles. The summed E-state index contributed by atoms with van der Waals surface area (Å²) in [5, 5.41) is 0. The number of benzene rings is 2. The molecule has 5 nitrogen and oxygen atoms in total. The van der Waals surface area contributed by atoms with Crippen LogP contribution in [0.2, 0.25) is 0 Å². The van der Waals surface area contributed by atoms with Crippen LogP contribution in [0, 0.1) is 0 Å². The van der Waals surface area contributed by atoms with E-state index < -0.39 is 10.0 Å². The molecule has 112 valence electrons. The van der Waals surface area contributed by atoms with Gasteiger partial charge in [-0.25, -0.2) is 8.42 Å². The van der Waals surface area contributed by atoms with Crippen molar-refractivity contribution < 1.29 is 13.2 Å². The molecule has 1 unspecified atom stereocenters. The molecule has 0 saturated heterocycles. The summed E-state index contributed by atoms with van der Waals surface area (Å²) < 4.78 is 32.5. The van der Waals surface area contributed by atoms with E-state index in [0.29, 0.717) is 11.4 Å². The molecule has 0 aromatic heterocycles. The van der Waals surface area contributed by atoms with Crippen LogP contribution in [0.1, 0.15) is 18.5 Å². The fraction of sp³-hybridized carbons (Fsp3) is 0.200. The Kier molecular flexibility index (Phi) is 4.50. The Hall–Kier alpha value is -2.05. The topological polar surface area (TPSA) is 81.4 Å². The number of hydrogen-bond acceptors (Lipinski definition) is 4. The molecule has 0 aliphatic rings. The number of nitrogens with one attached hydrogen (secondary N) is 1. The molecular weight excluding hydrogens is 288 g/mol. The lowest BCUT2D eigenvalue weighted by molar-refractivity contribution is 0.417. The molecule has 0 radical (unpaired) electrons. The van der Waals surface area contributed by atoms with Gasteiger partial charge in [0.1, 0.15) is 5.75 Å². The second-order valence-electron chi connectivity index (χ2n) is 4.67. The molecule has 0 spiro atoms. The van der Waals surface area contributed by atoms with Crippen molar-refractivity contribution in [3.8, 4) is 5.75 Å². The second-order valence-corrected chi connectivity index (χ2v) is 6.35. The van der Waals surface area contributed by atoms with Crippen LogP contribution in [0.15, 0.2) is 53.4 Å². The zero-order valence-electron chi connectivity index (χ0n) is 11.9. The van der Waals surface area contributed by atoms with Gasteiger partial charge in [0.25, 0.3) is 10.0 Å². The summed E-state index contributed by atoms with van der Waals surface area (Å²) in [6.45, 7) is 1.80. The highest BCUT2D eigenvalue weighted by molar-refractivity contribution is 7.92. The zero-order chi connectivity index (χ0) is 15.5. The van der Waals surface area contributed by atoms with Crippen LogP contribution >= 0.6 is 0 Å². The molecule has 21 heavy (non-hydrogen) atoms. The summed E-state index contributed by atoms with van der Waals surface area (Å²) >= 11 is 0. The molecule has 3 N–H and O–H groups in total. The Balaban J connectivity index is 2.36. The summed E-state index contributed by atoms with van der Waals surface area (Å²) in [6, 6.07) is 13.2. The average Bonchev–Trinajstić information content (AvgIpc) is 2.47. The molecule has 0 aliphatic carbocycles. The van der Waals surface area contributed by atoms with E-state index in [2.05, 4.69) is 4.72 Å². The van der Waals surface area contributed by atoms with E-state index in [4.69, 9.17) is 10.5 Å². The largest absolute Gasteiger partial charge is 0.495 e. The SMILES string of the molecule is COc1ccccc1NS(=O)(=O)c1cccc(C(C)N)c1. The molecule has 2 aromatic carbocycles. The minimum absolute atomic E-state index is 0.170. The molecular formula is C15H18N2O3S. The van der Waals surface area contributed by atoms with Crippen molar-refractivity contribution in [3.63, 3.8) is 0 Å². The highest BCUT2D eigenvalue weighted by Gasteiger charge is 2.17. The van der Waals surface area contributed by atoms with Crippen molar-refractivity contribution in [2.24, 2.45) is 5.73 Å². The van der Waals surface area contributed by atoms with Crippen LogP contribution in [0.3, 0.4) is 0 Å². The summed E-state index contributed by atoms with van der Waals surface area (Å²) in [6.07, 6.45) is 0. The van der Waals surface area contributed by atoms with Gasteiger partial charge in [0.05, 0.1) is 17.7 Å². The summed E-state index contributed by atoms with van der Waals surface area (Å²) in [5.74, 6) is 0.462. The van der Waals surface area contributed by atoms with Crippen molar-refractivity contribution >= 4 is 15.7 Å². The minimum atomic E-state index is -3.69. The second kappa shape index (κ2) is 6.15. The molecule has 2 rings (SSSR count). The fourth-order valence-electron chi connectivity index (χ4n) is 1.90. The van der Waals surface area contributed by atoms with Gasteiger partial charge in [0.15, 0.2) is 0 Å². The number of ether oxygens (including phenoxy) is 1. The number of sulfonamides is 1.